The molecule has 0 heterocycles. The fraction of sp³-hybridized carbons (Fsp3) is 0.294. The first kappa shape index (κ1) is 15.4. The Kier molecular flexibility index (Phi) is 4.91. The number of methoxy groups -OCH3 is 1. The Morgan fingerprint density at radius 2 is 1.95 bits per heavy atom. The number of aryl methyl sites for hydroxylation is 1. The summed E-state index contributed by atoms with van der Waals surface area (Å²) in [6.07, 6.45) is 0. The van der Waals surface area contributed by atoms with Crippen LogP contribution in [0.5, 0.6) is 5.75 Å². The zero-order valence-corrected chi connectivity index (χ0v) is 12.4. The van der Waals surface area contributed by atoms with Crippen molar-refractivity contribution in [2.45, 2.75) is 19.9 Å². The molecule has 112 valence electrons. The van der Waals surface area contributed by atoms with Gasteiger partial charge in [-0.25, -0.2) is 8.78 Å². The molecule has 0 spiro atoms. The summed E-state index contributed by atoms with van der Waals surface area (Å²) in [7, 11) is 1.42. The molecule has 2 aromatic rings. The summed E-state index contributed by atoms with van der Waals surface area (Å²) in [5.41, 5.74) is 1.76. The zero-order chi connectivity index (χ0) is 15.4. The van der Waals surface area contributed by atoms with E-state index in [9.17, 15) is 8.78 Å². The lowest BCUT2D eigenvalue weighted by atomic mass is 9.96. The topological polar surface area (TPSA) is 21.3 Å². The Morgan fingerprint density at radius 1 is 1.19 bits per heavy atom. The fourth-order valence-corrected chi connectivity index (χ4v) is 2.37. The van der Waals surface area contributed by atoms with Gasteiger partial charge in [0.2, 0.25) is 0 Å². The normalized spacial score (nSPS) is 12.2. The van der Waals surface area contributed by atoms with E-state index < -0.39 is 11.9 Å². The average Bonchev–Trinajstić information content (AvgIpc) is 2.48. The van der Waals surface area contributed by atoms with E-state index in [1.807, 2.05) is 6.92 Å². The van der Waals surface area contributed by atoms with Gasteiger partial charge in [0.25, 0.3) is 0 Å². The van der Waals surface area contributed by atoms with E-state index in [-0.39, 0.29) is 11.6 Å². The van der Waals surface area contributed by atoms with Crippen LogP contribution in [0.4, 0.5) is 8.78 Å². The van der Waals surface area contributed by atoms with Crippen LogP contribution in [0.1, 0.15) is 29.7 Å². The summed E-state index contributed by atoms with van der Waals surface area (Å²) < 4.78 is 33.2. The van der Waals surface area contributed by atoms with Crippen molar-refractivity contribution in [1.29, 1.82) is 0 Å². The Hall–Kier alpha value is -1.94. The lowest BCUT2D eigenvalue weighted by molar-refractivity contribution is 0.385. The highest BCUT2D eigenvalue weighted by molar-refractivity contribution is 5.38. The standard InChI is InChI=1S/C17H19F2NO/c1-4-20-17(13-7-5-6-11(2)16(13)19)12-8-9-15(21-3)14(18)10-12/h5-10,17,20H,4H2,1-3H3. The van der Waals surface area contributed by atoms with E-state index in [1.54, 1.807) is 37.3 Å². The van der Waals surface area contributed by atoms with Crippen molar-refractivity contribution in [2.24, 2.45) is 0 Å². The van der Waals surface area contributed by atoms with Gasteiger partial charge in [-0.2, -0.15) is 0 Å². The summed E-state index contributed by atoms with van der Waals surface area (Å²) in [5, 5.41) is 3.20. The second-order valence-corrected chi connectivity index (χ2v) is 4.86. The molecule has 2 aromatic carbocycles. The van der Waals surface area contributed by atoms with Crippen LogP contribution in [0, 0.1) is 18.6 Å². The van der Waals surface area contributed by atoms with Crippen molar-refractivity contribution in [2.75, 3.05) is 13.7 Å². The van der Waals surface area contributed by atoms with E-state index in [0.29, 0.717) is 23.2 Å². The van der Waals surface area contributed by atoms with E-state index in [0.717, 1.165) is 0 Å². The molecular weight excluding hydrogens is 272 g/mol. The van der Waals surface area contributed by atoms with Crippen molar-refractivity contribution in [1.82, 2.24) is 5.32 Å². The van der Waals surface area contributed by atoms with Gasteiger partial charge in [0.15, 0.2) is 11.6 Å². The molecule has 0 aliphatic heterocycles. The third-order valence-corrected chi connectivity index (χ3v) is 3.45. The summed E-state index contributed by atoms with van der Waals surface area (Å²) >= 11 is 0. The molecule has 2 nitrogen and oxygen atoms in total. The average molecular weight is 291 g/mol. The van der Waals surface area contributed by atoms with Crippen LogP contribution in [0.3, 0.4) is 0 Å². The Bertz CT molecular complexity index is 628. The molecule has 2 rings (SSSR count). The number of nitrogens with one attached hydrogen (secondary N) is 1. The van der Waals surface area contributed by atoms with E-state index >= 15 is 0 Å². The van der Waals surface area contributed by atoms with Crippen LogP contribution < -0.4 is 10.1 Å². The maximum absolute atomic E-state index is 14.3. The molecule has 0 fully saturated rings. The number of hydrogen-bond acceptors (Lipinski definition) is 2. The number of benzene rings is 2. The van der Waals surface area contributed by atoms with E-state index in [2.05, 4.69) is 5.32 Å². The highest BCUT2D eigenvalue weighted by Crippen LogP contribution is 2.28. The van der Waals surface area contributed by atoms with Gasteiger partial charge in [-0.1, -0.05) is 31.2 Å². The zero-order valence-electron chi connectivity index (χ0n) is 12.4. The van der Waals surface area contributed by atoms with Crippen molar-refractivity contribution < 1.29 is 13.5 Å². The summed E-state index contributed by atoms with van der Waals surface area (Å²) in [6, 6.07) is 9.54. The van der Waals surface area contributed by atoms with Gasteiger partial charge in [0.05, 0.1) is 13.2 Å². The second kappa shape index (κ2) is 6.68. The third-order valence-electron chi connectivity index (χ3n) is 3.45. The first-order chi connectivity index (χ1) is 10.1. The van der Waals surface area contributed by atoms with Crippen molar-refractivity contribution in [3.8, 4) is 5.75 Å². The van der Waals surface area contributed by atoms with E-state index in [4.69, 9.17) is 4.74 Å². The third kappa shape index (κ3) is 3.22. The monoisotopic (exact) mass is 291 g/mol. The van der Waals surface area contributed by atoms with Crippen molar-refractivity contribution in [3.05, 3.63) is 64.7 Å². The Morgan fingerprint density at radius 3 is 2.57 bits per heavy atom. The van der Waals surface area contributed by atoms with Gasteiger partial charge < -0.3 is 10.1 Å². The highest BCUT2D eigenvalue weighted by atomic mass is 19.1. The van der Waals surface area contributed by atoms with Crippen molar-refractivity contribution in [3.63, 3.8) is 0 Å². The first-order valence-electron chi connectivity index (χ1n) is 6.90. The van der Waals surface area contributed by atoms with Gasteiger partial charge in [-0.15, -0.1) is 0 Å². The smallest absolute Gasteiger partial charge is 0.165 e. The largest absolute Gasteiger partial charge is 0.494 e. The maximum Gasteiger partial charge on any atom is 0.165 e. The van der Waals surface area contributed by atoms with Crippen LogP contribution >= 0.6 is 0 Å². The second-order valence-electron chi connectivity index (χ2n) is 4.86. The maximum atomic E-state index is 14.3. The molecule has 4 heteroatoms. The quantitative estimate of drug-likeness (QED) is 0.899. The van der Waals surface area contributed by atoms with Crippen LogP contribution in [0.25, 0.3) is 0 Å². The number of ether oxygens (including phenoxy) is 1. The van der Waals surface area contributed by atoms with Crippen LogP contribution in [-0.2, 0) is 0 Å². The van der Waals surface area contributed by atoms with Crippen LogP contribution in [0.15, 0.2) is 36.4 Å². The van der Waals surface area contributed by atoms with Gasteiger partial charge in [0, 0.05) is 5.56 Å². The van der Waals surface area contributed by atoms with Gasteiger partial charge in [0.1, 0.15) is 5.82 Å². The molecule has 0 amide bonds. The molecule has 0 saturated heterocycles. The van der Waals surface area contributed by atoms with Crippen molar-refractivity contribution >= 4 is 0 Å². The molecular formula is C17H19F2NO. The Labute approximate surface area is 123 Å². The molecule has 0 radical (unpaired) electrons. The van der Waals surface area contributed by atoms with E-state index in [1.165, 1.54) is 13.2 Å². The summed E-state index contributed by atoms with van der Waals surface area (Å²) in [4.78, 5) is 0. The minimum atomic E-state index is -0.453. The molecule has 1 unspecified atom stereocenters. The van der Waals surface area contributed by atoms with Crippen LogP contribution in [-0.4, -0.2) is 13.7 Å². The summed E-state index contributed by atoms with van der Waals surface area (Å²) in [5.74, 6) is -0.538. The fourth-order valence-electron chi connectivity index (χ4n) is 2.37. The molecule has 21 heavy (non-hydrogen) atoms. The predicted molar refractivity (Wildman–Crippen MR) is 79.6 cm³/mol. The first-order valence-corrected chi connectivity index (χ1v) is 6.90. The Balaban J connectivity index is 2.48. The molecule has 0 aliphatic rings. The SMILES string of the molecule is CCNC(c1ccc(OC)c(F)c1)c1cccc(C)c1F. The van der Waals surface area contributed by atoms with Gasteiger partial charge >= 0.3 is 0 Å². The molecule has 0 aliphatic carbocycles. The molecule has 1 N–H and O–H groups in total. The molecule has 1 atom stereocenters. The minimum absolute atomic E-state index is 0.179. The van der Waals surface area contributed by atoms with Crippen LogP contribution in [0.2, 0.25) is 0 Å². The van der Waals surface area contributed by atoms with Gasteiger partial charge in [-0.05, 0) is 36.7 Å². The molecule has 0 saturated carbocycles. The highest BCUT2D eigenvalue weighted by Gasteiger charge is 2.19. The number of halogens is 2. The number of rotatable bonds is 5. The minimum Gasteiger partial charge on any atom is -0.494 e. The lowest BCUT2D eigenvalue weighted by Crippen LogP contribution is -2.23. The number of hydrogen-bond donors (Lipinski definition) is 1. The molecule has 0 aromatic heterocycles. The van der Waals surface area contributed by atoms with Gasteiger partial charge in [-0.3, -0.25) is 0 Å². The summed E-state index contributed by atoms with van der Waals surface area (Å²) in [6.45, 7) is 4.29. The molecule has 0 bridgehead atoms. The predicted octanol–water partition coefficient (Wildman–Crippen LogP) is 3.98. The lowest BCUT2D eigenvalue weighted by Gasteiger charge is -2.20.